The zero-order valence-electron chi connectivity index (χ0n) is 9.50. The third-order valence-corrected chi connectivity index (χ3v) is 2.17. The minimum absolute atomic E-state index is 0. The van der Waals surface area contributed by atoms with E-state index in [4.69, 9.17) is 4.74 Å². The fourth-order valence-corrected chi connectivity index (χ4v) is 1.42. The maximum Gasteiger partial charge on any atom is 0.315 e. The molecule has 2 aromatic carbocycles. The molecule has 0 aliphatic carbocycles. The largest absolute Gasteiger partial charge is 0.426 e. The second kappa shape index (κ2) is 7.23. The van der Waals surface area contributed by atoms with E-state index in [2.05, 4.69) is 0 Å². The molecule has 3 heteroatoms. The molecule has 0 unspecified atom stereocenters. The Morgan fingerprint density at radius 3 is 2.00 bits per heavy atom. The molecule has 0 aliphatic heterocycles. The van der Waals surface area contributed by atoms with Gasteiger partial charge in [-0.25, -0.2) is 0 Å². The molecule has 17 heavy (non-hydrogen) atoms. The first-order valence-corrected chi connectivity index (χ1v) is 5.14. The van der Waals surface area contributed by atoms with Gasteiger partial charge >= 0.3 is 5.97 Å². The molecule has 0 spiro atoms. The number of hydrogen-bond acceptors (Lipinski definition) is 2. The second-order valence-electron chi connectivity index (χ2n) is 3.45. The van der Waals surface area contributed by atoms with Gasteiger partial charge < -0.3 is 4.74 Å². The Morgan fingerprint density at radius 2 is 1.41 bits per heavy atom. The third kappa shape index (κ3) is 4.69. The van der Waals surface area contributed by atoms with Crippen LogP contribution in [-0.4, -0.2) is 5.97 Å². The zero-order chi connectivity index (χ0) is 11.2. The van der Waals surface area contributed by atoms with Gasteiger partial charge in [-0.05, 0) is 17.7 Å². The van der Waals surface area contributed by atoms with Crippen molar-refractivity contribution in [1.82, 2.24) is 0 Å². The summed E-state index contributed by atoms with van der Waals surface area (Å²) < 4.78 is 5.18. The van der Waals surface area contributed by atoms with Crippen LogP contribution in [0, 0.1) is 0 Å². The van der Waals surface area contributed by atoms with Gasteiger partial charge in [0.05, 0.1) is 6.42 Å². The van der Waals surface area contributed by atoms with E-state index < -0.39 is 0 Å². The van der Waals surface area contributed by atoms with Crippen LogP contribution in [0.2, 0.25) is 0 Å². The van der Waals surface area contributed by atoms with Gasteiger partial charge in [-0.1, -0.05) is 48.5 Å². The van der Waals surface area contributed by atoms with Crippen LogP contribution in [0.15, 0.2) is 60.7 Å². The summed E-state index contributed by atoms with van der Waals surface area (Å²) in [5, 5.41) is 0. The van der Waals surface area contributed by atoms with E-state index in [9.17, 15) is 4.79 Å². The summed E-state index contributed by atoms with van der Waals surface area (Å²) in [6.07, 6.45) is 0.301. The summed E-state index contributed by atoms with van der Waals surface area (Å²) in [7, 11) is 0. The fraction of sp³-hybridized carbons (Fsp3) is 0.0714. The van der Waals surface area contributed by atoms with Crippen LogP contribution in [0.25, 0.3) is 0 Å². The number of rotatable bonds is 3. The number of ether oxygens (including phenoxy) is 1. The maximum atomic E-state index is 11.6. The van der Waals surface area contributed by atoms with Gasteiger partial charge in [0.15, 0.2) is 0 Å². The van der Waals surface area contributed by atoms with Crippen LogP contribution in [0.4, 0.5) is 0 Å². The Morgan fingerprint density at radius 1 is 0.882 bits per heavy atom. The normalized spacial score (nSPS) is 9.18. The molecule has 0 atom stereocenters. The summed E-state index contributed by atoms with van der Waals surface area (Å²) in [5.41, 5.74) is 0.962. The van der Waals surface area contributed by atoms with Gasteiger partial charge in [-0.2, -0.15) is 0 Å². The predicted octanol–water partition coefficient (Wildman–Crippen LogP) is 2.83. The molecule has 0 N–H and O–H groups in total. The van der Waals surface area contributed by atoms with Crippen molar-refractivity contribution in [3.63, 3.8) is 0 Å². The molecular weight excluding hydrogens is 401 g/mol. The molecule has 0 heterocycles. The molecule has 0 aromatic heterocycles. The van der Waals surface area contributed by atoms with Gasteiger partial charge in [0.25, 0.3) is 0 Å². The minimum atomic E-state index is -0.239. The molecular formula is C14H12HgO2. The molecule has 0 saturated heterocycles. The summed E-state index contributed by atoms with van der Waals surface area (Å²) >= 11 is 0. The number of carbonyl (C=O) groups is 1. The molecule has 0 radical (unpaired) electrons. The Hall–Kier alpha value is -1.15. The minimum Gasteiger partial charge on any atom is -0.426 e. The quantitative estimate of drug-likeness (QED) is 0.440. The van der Waals surface area contributed by atoms with Crippen molar-refractivity contribution in [3.05, 3.63) is 66.2 Å². The number of benzene rings is 2. The van der Waals surface area contributed by atoms with Crippen molar-refractivity contribution in [1.29, 1.82) is 0 Å². The number of para-hydroxylation sites is 1. The number of carbonyl (C=O) groups excluding carboxylic acids is 1. The fourth-order valence-electron chi connectivity index (χ4n) is 1.42. The zero-order valence-corrected chi connectivity index (χ0v) is 15.0. The number of hydrogen-bond donors (Lipinski definition) is 0. The van der Waals surface area contributed by atoms with Gasteiger partial charge in [-0.15, -0.1) is 0 Å². The standard InChI is InChI=1S/C14H12O2.Hg/c15-14(11-12-7-3-1-4-8-12)16-13-9-5-2-6-10-13;/h1-10H,11H2;. The van der Waals surface area contributed by atoms with Crippen molar-refractivity contribution in [2.24, 2.45) is 0 Å². The van der Waals surface area contributed by atoms with E-state index >= 15 is 0 Å². The van der Waals surface area contributed by atoms with Gasteiger partial charge in [0, 0.05) is 27.7 Å². The van der Waals surface area contributed by atoms with Crippen LogP contribution in [-0.2, 0) is 38.9 Å². The Labute approximate surface area is 121 Å². The van der Waals surface area contributed by atoms with Crippen molar-refractivity contribution in [2.45, 2.75) is 6.42 Å². The van der Waals surface area contributed by atoms with E-state index in [1.807, 2.05) is 48.5 Å². The molecule has 0 amide bonds. The first-order valence-electron chi connectivity index (χ1n) is 5.14. The Balaban J connectivity index is 0.00000144. The van der Waals surface area contributed by atoms with E-state index in [1.165, 1.54) is 0 Å². The number of esters is 1. The van der Waals surface area contributed by atoms with Crippen molar-refractivity contribution >= 4 is 5.97 Å². The van der Waals surface area contributed by atoms with Crippen molar-refractivity contribution in [2.75, 3.05) is 0 Å². The monoisotopic (exact) mass is 414 g/mol. The summed E-state index contributed by atoms with van der Waals surface area (Å²) in [4.78, 5) is 11.6. The second-order valence-corrected chi connectivity index (χ2v) is 3.45. The van der Waals surface area contributed by atoms with Crippen molar-refractivity contribution in [3.8, 4) is 5.75 Å². The summed E-state index contributed by atoms with van der Waals surface area (Å²) in [5.74, 6) is 0.348. The van der Waals surface area contributed by atoms with E-state index in [0.29, 0.717) is 12.2 Å². The molecule has 2 nitrogen and oxygen atoms in total. The maximum absolute atomic E-state index is 11.6. The van der Waals surface area contributed by atoms with Gasteiger partial charge in [0.1, 0.15) is 5.75 Å². The predicted molar refractivity (Wildman–Crippen MR) is 62.2 cm³/mol. The molecule has 2 rings (SSSR count). The molecule has 0 saturated carbocycles. The van der Waals surface area contributed by atoms with Crippen LogP contribution in [0.5, 0.6) is 5.75 Å². The first-order chi connectivity index (χ1) is 7.84. The van der Waals surface area contributed by atoms with Crippen molar-refractivity contribution < 1.29 is 37.2 Å². The van der Waals surface area contributed by atoms with Gasteiger partial charge in [0.2, 0.25) is 0 Å². The van der Waals surface area contributed by atoms with Gasteiger partial charge in [-0.3, -0.25) is 4.79 Å². The topological polar surface area (TPSA) is 26.3 Å². The molecule has 0 bridgehead atoms. The Kier molecular flexibility index (Phi) is 5.91. The van der Waals surface area contributed by atoms with Crippen LogP contribution in [0.3, 0.4) is 0 Å². The summed E-state index contributed by atoms with van der Waals surface area (Å²) in [6, 6.07) is 18.7. The van der Waals surface area contributed by atoms with Crippen LogP contribution < -0.4 is 4.74 Å². The molecule has 0 aliphatic rings. The first kappa shape index (κ1) is 13.9. The van der Waals surface area contributed by atoms with Crippen LogP contribution >= 0.6 is 0 Å². The molecule has 2 aromatic rings. The smallest absolute Gasteiger partial charge is 0.315 e. The average Bonchev–Trinajstić information content (AvgIpc) is 2.31. The summed E-state index contributed by atoms with van der Waals surface area (Å²) in [6.45, 7) is 0. The van der Waals surface area contributed by atoms with E-state index in [-0.39, 0.29) is 33.6 Å². The SMILES string of the molecule is O=C(Cc1ccccc1)Oc1ccccc1.[Hg]. The third-order valence-electron chi connectivity index (χ3n) is 2.17. The van der Waals surface area contributed by atoms with E-state index in [0.717, 1.165) is 5.56 Å². The van der Waals surface area contributed by atoms with Crippen LogP contribution in [0.1, 0.15) is 5.56 Å². The molecule has 0 fully saturated rings. The molecule has 82 valence electrons. The Bertz CT molecular complexity index is 411. The average molecular weight is 413 g/mol. The van der Waals surface area contributed by atoms with E-state index in [1.54, 1.807) is 12.1 Å².